The van der Waals surface area contributed by atoms with Crippen LogP contribution >= 0.6 is 27.5 Å². The van der Waals surface area contributed by atoms with Crippen molar-refractivity contribution in [1.29, 1.82) is 0 Å². The van der Waals surface area contributed by atoms with E-state index in [1.54, 1.807) is 6.07 Å². The fourth-order valence-electron chi connectivity index (χ4n) is 1.86. The monoisotopic (exact) mass is 369 g/mol. The van der Waals surface area contributed by atoms with Gasteiger partial charge in [-0.1, -0.05) is 41.4 Å². The van der Waals surface area contributed by atoms with Crippen LogP contribution in [0.1, 0.15) is 25.8 Å². The number of halogens is 2. The van der Waals surface area contributed by atoms with E-state index in [-0.39, 0.29) is 0 Å². The van der Waals surface area contributed by atoms with Gasteiger partial charge in [0.15, 0.2) is 0 Å². The van der Waals surface area contributed by atoms with Gasteiger partial charge in [0.2, 0.25) is 5.88 Å². The van der Waals surface area contributed by atoms with Crippen LogP contribution in [0.15, 0.2) is 29.0 Å². The van der Waals surface area contributed by atoms with Gasteiger partial charge < -0.3 is 10.1 Å². The highest BCUT2D eigenvalue weighted by atomic mass is 79.9. The van der Waals surface area contributed by atoms with Gasteiger partial charge in [0.05, 0.1) is 10.6 Å². The average Bonchev–Trinajstić information content (AvgIpc) is 2.49. The van der Waals surface area contributed by atoms with Gasteiger partial charge in [0.1, 0.15) is 17.9 Å². The van der Waals surface area contributed by atoms with Crippen molar-refractivity contribution in [2.45, 2.75) is 26.7 Å². The van der Waals surface area contributed by atoms with E-state index in [4.69, 9.17) is 16.3 Å². The second-order valence-electron chi connectivity index (χ2n) is 4.46. The Bertz CT molecular complexity index is 622. The van der Waals surface area contributed by atoms with Crippen molar-refractivity contribution in [3.05, 3.63) is 39.6 Å². The van der Waals surface area contributed by atoms with Crippen molar-refractivity contribution in [3.8, 4) is 11.6 Å². The summed E-state index contributed by atoms with van der Waals surface area (Å²) in [6.07, 6.45) is 3.30. The van der Waals surface area contributed by atoms with Gasteiger partial charge in [0.25, 0.3) is 0 Å². The highest BCUT2D eigenvalue weighted by molar-refractivity contribution is 9.10. The molecule has 2 rings (SSSR count). The highest BCUT2D eigenvalue weighted by Gasteiger charge is 2.13. The van der Waals surface area contributed by atoms with E-state index in [0.717, 1.165) is 35.2 Å². The van der Waals surface area contributed by atoms with Gasteiger partial charge in [-0.05, 0) is 31.0 Å². The van der Waals surface area contributed by atoms with Crippen LogP contribution in [-0.2, 0) is 6.42 Å². The third-order valence-electron chi connectivity index (χ3n) is 2.90. The van der Waals surface area contributed by atoms with Crippen molar-refractivity contribution >= 4 is 33.3 Å². The van der Waals surface area contributed by atoms with Crippen LogP contribution < -0.4 is 10.1 Å². The second kappa shape index (κ2) is 7.61. The molecule has 21 heavy (non-hydrogen) atoms. The molecule has 0 amide bonds. The number of hydrogen-bond acceptors (Lipinski definition) is 4. The molecule has 0 radical (unpaired) electrons. The Labute approximate surface area is 138 Å². The normalized spacial score (nSPS) is 10.5. The molecule has 0 spiro atoms. The minimum Gasteiger partial charge on any atom is -0.437 e. The lowest BCUT2D eigenvalue weighted by Gasteiger charge is -2.14. The van der Waals surface area contributed by atoms with Crippen LogP contribution in [0, 0.1) is 0 Å². The first-order chi connectivity index (χ1) is 10.2. The molecule has 0 atom stereocenters. The molecular formula is C15H17BrClN3O. The maximum absolute atomic E-state index is 6.16. The summed E-state index contributed by atoms with van der Waals surface area (Å²) >= 11 is 9.57. The molecule has 112 valence electrons. The maximum atomic E-state index is 6.16. The summed E-state index contributed by atoms with van der Waals surface area (Å²) in [4.78, 5) is 8.52. The topological polar surface area (TPSA) is 47.0 Å². The minimum absolute atomic E-state index is 0.533. The van der Waals surface area contributed by atoms with Crippen molar-refractivity contribution < 1.29 is 4.74 Å². The molecule has 6 heteroatoms. The van der Waals surface area contributed by atoms with Crippen LogP contribution in [-0.4, -0.2) is 16.5 Å². The fourth-order valence-corrected chi connectivity index (χ4v) is 2.35. The Kier molecular flexibility index (Phi) is 5.82. The maximum Gasteiger partial charge on any atom is 0.227 e. The van der Waals surface area contributed by atoms with E-state index in [9.17, 15) is 0 Å². The summed E-state index contributed by atoms with van der Waals surface area (Å²) in [5.74, 6) is 1.92. The third-order valence-corrected chi connectivity index (χ3v) is 3.71. The first-order valence-corrected chi connectivity index (χ1v) is 8.03. The van der Waals surface area contributed by atoms with Crippen molar-refractivity contribution in [2.24, 2.45) is 0 Å². The molecule has 1 N–H and O–H groups in total. The molecule has 0 bridgehead atoms. The lowest BCUT2D eigenvalue weighted by molar-refractivity contribution is 0.455. The number of benzene rings is 1. The van der Waals surface area contributed by atoms with Gasteiger partial charge >= 0.3 is 0 Å². The second-order valence-corrected chi connectivity index (χ2v) is 5.79. The number of nitrogens with zero attached hydrogens (tertiary/aromatic N) is 2. The van der Waals surface area contributed by atoms with E-state index in [0.29, 0.717) is 16.7 Å². The van der Waals surface area contributed by atoms with Crippen molar-refractivity contribution in [2.75, 3.05) is 11.9 Å². The number of nitrogens with one attached hydrogen (secondary N) is 1. The third kappa shape index (κ3) is 4.08. The standard InChI is InChI=1S/C15H17BrClN3O/c1-3-7-18-14-11(4-2)15(20-9-19-14)21-13-8-10(16)5-6-12(13)17/h5-6,8-9H,3-4,7H2,1-2H3,(H,18,19,20). The molecule has 0 saturated heterocycles. The van der Waals surface area contributed by atoms with E-state index < -0.39 is 0 Å². The molecule has 2 aromatic rings. The molecule has 0 saturated carbocycles. The Morgan fingerprint density at radius 2 is 2.10 bits per heavy atom. The molecule has 1 aromatic carbocycles. The Hall–Kier alpha value is -1.33. The summed E-state index contributed by atoms with van der Waals surface area (Å²) in [5, 5.41) is 3.84. The molecule has 0 unspecified atom stereocenters. The molecule has 4 nitrogen and oxygen atoms in total. The van der Waals surface area contributed by atoms with Gasteiger partial charge in [-0.2, -0.15) is 0 Å². The lowest BCUT2D eigenvalue weighted by atomic mass is 10.2. The predicted octanol–water partition coefficient (Wildman–Crippen LogP) is 5.07. The zero-order valence-corrected chi connectivity index (χ0v) is 14.3. The Morgan fingerprint density at radius 3 is 2.81 bits per heavy atom. The fraction of sp³-hybridized carbons (Fsp3) is 0.333. The smallest absolute Gasteiger partial charge is 0.227 e. The Morgan fingerprint density at radius 1 is 1.29 bits per heavy atom. The zero-order chi connectivity index (χ0) is 15.2. The summed E-state index contributed by atoms with van der Waals surface area (Å²) in [6.45, 7) is 5.02. The number of hydrogen-bond donors (Lipinski definition) is 1. The molecule has 1 aromatic heterocycles. The zero-order valence-electron chi connectivity index (χ0n) is 12.0. The number of rotatable bonds is 6. The van der Waals surface area contributed by atoms with E-state index in [2.05, 4.69) is 38.1 Å². The molecule has 0 fully saturated rings. The van der Waals surface area contributed by atoms with Crippen LogP contribution in [0.5, 0.6) is 11.6 Å². The number of anilines is 1. The predicted molar refractivity (Wildman–Crippen MR) is 89.4 cm³/mol. The molecule has 1 heterocycles. The summed E-state index contributed by atoms with van der Waals surface area (Å²) in [6, 6.07) is 5.47. The number of ether oxygens (including phenoxy) is 1. The largest absolute Gasteiger partial charge is 0.437 e. The first kappa shape index (κ1) is 16.0. The summed E-state index contributed by atoms with van der Waals surface area (Å²) < 4.78 is 6.78. The molecule has 0 aliphatic carbocycles. The van der Waals surface area contributed by atoms with Crippen LogP contribution in [0.2, 0.25) is 5.02 Å². The summed E-state index contributed by atoms with van der Waals surface area (Å²) in [5.41, 5.74) is 0.946. The van der Waals surface area contributed by atoms with E-state index >= 15 is 0 Å². The molecule has 0 aliphatic heterocycles. The minimum atomic E-state index is 0.533. The van der Waals surface area contributed by atoms with Crippen molar-refractivity contribution in [3.63, 3.8) is 0 Å². The van der Waals surface area contributed by atoms with Gasteiger partial charge in [0, 0.05) is 11.0 Å². The van der Waals surface area contributed by atoms with Gasteiger partial charge in [-0.25, -0.2) is 9.97 Å². The van der Waals surface area contributed by atoms with E-state index in [1.165, 1.54) is 6.33 Å². The lowest BCUT2D eigenvalue weighted by Crippen LogP contribution is -2.07. The SMILES string of the molecule is CCCNc1ncnc(Oc2cc(Br)ccc2Cl)c1CC. The Balaban J connectivity index is 2.33. The van der Waals surface area contributed by atoms with E-state index in [1.807, 2.05) is 19.1 Å². The van der Waals surface area contributed by atoms with Crippen molar-refractivity contribution in [1.82, 2.24) is 9.97 Å². The quantitative estimate of drug-likeness (QED) is 0.771. The van der Waals surface area contributed by atoms with Gasteiger partial charge in [-0.3, -0.25) is 0 Å². The van der Waals surface area contributed by atoms with Crippen LogP contribution in [0.3, 0.4) is 0 Å². The highest BCUT2D eigenvalue weighted by Crippen LogP contribution is 2.33. The molecule has 0 aliphatic rings. The number of aromatic nitrogens is 2. The average molecular weight is 371 g/mol. The van der Waals surface area contributed by atoms with Crippen LogP contribution in [0.4, 0.5) is 5.82 Å². The summed E-state index contributed by atoms with van der Waals surface area (Å²) in [7, 11) is 0. The molecular weight excluding hydrogens is 354 g/mol. The van der Waals surface area contributed by atoms with Crippen LogP contribution in [0.25, 0.3) is 0 Å². The van der Waals surface area contributed by atoms with Gasteiger partial charge in [-0.15, -0.1) is 0 Å². The first-order valence-electron chi connectivity index (χ1n) is 6.86.